The Labute approximate surface area is 85.6 Å². The SMILES string of the molecule is O=C=NC1(c2ccccc2C(F)F)CC1. The molecule has 0 spiro atoms. The molecule has 15 heavy (non-hydrogen) atoms. The highest BCUT2D eigenvalue weighted by Crippen LogP contribution is 2.51. The van der Waals surface area contributed by atoms with Gasteiger partial charge in [0.15, 0.2) is 0 Å². The number of benzene rings is 1. The van der Waals surface area contributed by atoms with Crippen LogP contribution in [0, 0.1) is 0 Å². The first-order valence-corrected chi connectivity index (χ1v) is 4.66. The molecule has 0 amide bonds. The standard InChI is InChI=1S/C11H9F2NO/c12-10(13)8-3-1-2-4-9(8)11(5-6-11)14-7-15/h1-4,10H,5-6H2. The van der Waals surface area contributed by atoms with E-state index in [1.54, 1.807) is 18.2 Å². The van der Waals surface area contributed by atoms with Gasteiger partial charge in [0, 0.05) is 5.56 Å². The summed E-state index contributed by atoms with van der Waals surface area (Å²) in [7, 11) is 0. The molecule has 1 aromatic carbocycles. The lowest BCUT2D eigenvalue weighted by molar-refractivity contribution is 0.149. The van der Waals surface area contributed by atoms with Crippen LogP contribution in [0.15, 0.2) is 29.3 Å². The number of hydrogen-bond acceptors (Lipinski definition) is 2. The molecule has 1 saturated carbocycles. The van der Waals surface area contributed by atoms with Gasteiger partial charge in [-0.05, 0) is 18.4 Å². The van der Waals surface area contributed by atoms with Crippen LogP contribution in [0.25, 0.3) is 0 Å². The van der Waals surface area contributed by atoms with Crippen LogP contribution >= 0.6 is 0 Å². The van der Waals surface area contributed by atoms with Crippen molar-refractivity contribution in [3.05, 3.63) is 35.4 Å². The van der Waals surface area contributed by atoms with Gasteiger partial charge in [-0.2, -0.15) is 4.99 Å². The van der Waals surface area contributed by atoms with E-state index in [9.17, 15) is 13.6 Å². The third kappa shape index (κ3) is 1.68. The minimum Gasteiger partial charge on any atom is -0.211 e. The Kier molecular flexibility index (Phi) is 2.37. The van der Waals surface area contributed by atoms with Gasteiger partial charge >= 0.3 is 0 Å². The summed E-state index contributed by atoms with van der Waals surface area (Å²) in [6, 6.07) is 6.23. The summed E-state index contributed by atoms with van der Waals surface area (Å²) >= 11 is 0. The van der Waals surface area contributed by atoms with Crippen LogP contribution in [0.3, 0.4) is 0 Å². The number of carbonyl (C=O) groups excluding carboxylic acids is 1. The van der Waals surface area contributed by atoms with Crippen molar-refractivity contribution in [2.24, 2.45) is 4.99 Å². The van der Waals surface area contributed by atoms with Crippen molar-refractivity contribution in [2.75, 3.05) is 0 Å². The Morgan fingerprint density at radius 1 is 1.33 bits per heavy atom. The first-order valence-electron chi connectivity index (χ1n) is 4.66. The summed E-state index contributed by atoms with van der Waals surface area (Å²) in [6.45, 7) is 0. The highest BCUT2D eigenvalue weighted by Gasteiger charge is 2.46. The van der Waals surface area contributed by atoms with Crippen LogP contribution in [-0.2, 0) is 10.3 Å². The van der Waals surface area contributed by atoms with Crippen molar-refractivity contribution < 1.29 is 13.6 Å². The van der Waals surface area contributed by atoms with Crippen LogP contribution < -0.4 is 0 Å². The zero-order valence-corrected chi connectivity index (χ0v) is 7.91. The predicted octanol–water partition coefficient (Wildman–Crippen LogP) is 2.95. The van der Waals surface area contributed by atoms with Gasteiger partial charge in [-0.15, -0.1) is 0 Å². The van der Waals surface area contributed by atoms with E-state index in [0.29, 0.717) is 18.4 Å². The van der Waals surface area contributed by atoms with Crippen molar-refractivity contribution in [1.82, 2.24) is 0 Å². The second-order valence-corrected chi connectivity index (χ2v) is 3.62. The number of alkyl halides is 2. The van der Waals surface area contributed by atoms with Crippen molar-refractivity contribution in [3.63, 3.8) is 0 Å². The highest BCUT2D eigenvalue weighted by atomic mass is 19.3. The summed E-state index contributed by atoms with van der Waals surface area (Å²) in [5.41, 5.74) is -0.285. The predicted molar refractivity (Wildman–Crippen MR) is 50.4 cm³/mol. The minimum absolute atomic E-state index is 0.0333. The van der Waals surface area contributed by atoms with Gasteiger partial charge < -0.3 is 0 Å². The van der Waals surface area contributed by atoms with E-state index < -0.39 is 12.0 Å². The number of nitrogens with zero attached hydrogens (tertiary/aromatic N) is 1. The molecular weight excluding hydrogens is 200 g/mol. The zero-order valence-electron chi connectivity index (χ0n) is 7.91. The largest absolute Gasteiger partial charge is 0.264 e. The van der Waals surface area contributed by atoms with Gasteiger partial charge in [0.25, 0.3) is 6.43 Å². The van der Waals surface area contributed by atoms with Crippen LogP contribution in [0.2, 0.25) is 0 Å². The monoisotopic (exact) mass is 209 g/mol. The van der Waals surface area contributed by atoms with Crippen molar-refractivity contribution in [1.29, 1.82) is 0 Å². The molecule has 78 valence electrons. The smallest absolute Gasteiger partial charge is 0.211 e. The molecule has 0 unspecified atom stereocenters. The Morgan fingerprint density at radius 3 is 2.53 bits per heavy atom. The molecule has 2 rings (SSSR count). The number of halogens is 2. The molecule has 1 aliphatic rings. The molecule has 0 saturated heterocycles. The fraction of sp³-hybridized carbons (Fsp3) is 0.364. The summed E-state index contributed by atoms with van der Waals surface area (Å²) in [5, 5.41) is 0. The maximum Gasteiger partial charge on any atom is 0.264 e. The van der Waals surface area contributed by atoms with Crippen molar-refractivity contribution in [3.8, 4) is 0 Å². The third-order valence-corrected chi connectivity index (χ3v) is 2.68. The van der Waals surface area contributed by atoms with E-state index in [-0.39, 0.29) is 5.56 Å². The summed E-state index contributed by atoms with van der Waals surface area (Å²) < 4.78 is 25.4. The quantitative estimate of drug-likeness (QED) is 0.555. The molecule has 0 radical (unpaired) electrons. The number of hydrogen-bond donors (Lipinski definition) is 0. The molecule has 0 atom stereocenters. The van der Waals surface area contributed by atoms with Gasteiger partial charge in [0.05, 0.1) is 5.54 Å². The van der Waals surface area contributed by atoms with E-state index in [0.717, 1.165) is 0 Å². The molecule has 0 aliphatic heterocycles. The lowest BCUT2D eigenvalue weighted by atomic mass is 9.99. The van der Waals surface area contributed by atoms with Crippen LogP contribution in [-0.4, -0.2) is 6.08 Å². The lowest BCUT2D eigenvalue weighted by Gasteiger charge is -2.13. The highest BCUT2D eigenvalue weighted by molar-refractivity contribution is 5.44. The third-order valence-electron chi connectivity index (χ3n) is 2.68. The molecule has 1 aromatic rings. The van der Waals surface area contributed by atoms with E-state index in [2.05, 4.69) is 4.99 Å². The zero-order chi connectivity index (χ0) is 10.9. The van der Waals surface area contributed by atoms with Gasteiger partial charge in [-0.3, -0.25) is 0 Å². The summed E-state index contributed by atoms with van der Waals surface area (Å²) in [4.78, 5) is 13.9. The second kappa shape index (κ2) is 3.55. The molecule has 0 bridgehead atoms. The molecule has 4 heteroatoms. The Bertz CT molecular complexity index is 420. The Morgan fingerprint density at radius 2 is 2.00 bits per heavy atom. The van der Waals surface area contributed by atoms with Gasteiger partial charge in [-0.25, -0.2) is 13.6 Å². The average molecular weight is 209 g/mol. The fourth-order valence-corrected chi connectivity index (χ4v) is 1.76. The molecule has 0 N–H and O–H groups in total. The summed E-state index contributed by atoms with van der Waals surface area (Å²) in [5.74, 6) is 0. The van der Waals surface area contributed by atoms with Crippen LogP contribution in [0.5, 0.6) is 0 Å². The van der Waals surface area contributed by atoms with Gasteiger partial charge in [-0.1, -0.05) is 24.3 Å². The van der Waals surface area contributed by atoms with Crippen molar-refractivity contribution >= 4 is 6.08 Å². The van der Waals surface area contributed by atoms with Crippen molar-refractivity contribution in [2.45, 2.75) is 24.8 Å². The Hall–Kier alpha value is -1.54. The van der Waals surface area contributed by atoms with Crippen LogP contribution in [0.4, 0.5) is 8.78 Å². The van der Waals surface area contributed by atoms with Crippen LogP contribution in [0.1, 0.15) is 30.4 Å². The molecule has 1 fully saturated rings. The maximum absolute atomic E-state index is 12.7. The molecule has 0 aromatic heterocycles. The fourth-order valence-electron chi connectivity index (χ4n) is 1.76. The first kappa shape index (κ1) is 9.99. The number of isocyanates is 1. The number of rotatable bonds is 3. The molecule has 1 aliphatic carbocycles. The van der Waals surface area contributed by atoms with E-state index in [4.69, 9.17) is 0 Å². The normalized spacial score (nSPS) is 17.3. The number of aliphatic imine (C=N–C) groups is 1. The molecule has 0 heterocycles. The lowest BCUT2D eigenvalue weighted by Crippen LogP contribution is -2.06. The average Bonchev–Trinajstić information content (AvgIpc) is 2.99. The van der Waals surface area contributed by atoms with Gasteiger partial charge in [0.1, 0.15) is 0 Å². The molecular formula is C11H9F2NO. The molecule has 2 nitrogen and oxygen atoms in total. The first-order chi connectivity index (χ1) is 7.19. The summed E-state index contributed by atoms with van der Waals surface area (Å²) in [6.07, 6.45) is 0.228. The minimum atomic E-state index is -2.53. The Balaban J connectivity index is 2.48. The van der Waals surface area contributed by atoms with E-state index >= 15 is 0 Å². The van der Waals surface area contributed by atoms with Gasteiger partial charge in [0.2, 0.25) is 6.08 Å². The van der Waals surface area contributed by atoms with E-state index in [1.807, 2.05) is 0 Å². The maximum atomic E-state index is 12.7. The topological polar surface area (TPSA) is 29.4 Å². The second-order valence-electron chi connectivity index (χ2n) is 3.62. The van der Waals surface area contributed by atoms with E-state index in [1.165, 1.54) is 12.1 Å².